The maximum Gasteiger partial charge on any atom is 0.102 e. The van der Waals surface area contributed by atoms with E-state index >= 15 is 0 Å². The molecule has 1 unspecified atom stereocenters. The van der Waals surface area contributed by atoms with Crippen LogP contribution in [0.4, 0.5) is 0 Å². The van der Waals surface area contributed by atoms with Gasteiger partial charge in [-0.1, -0.05) is 24.8 Å². The molecule has 3 nitrogen and oxygen atoms in total. The molecule has 90 valence electrons. The predicted octanol–water partition coefficient (Wildman–Crippen LogP) is 2.43. The molecular formula is C14H18N2O. The molecule has 1 aromatic heterocycles. The molecule has 2 rings (SSSR count). The molecule has 3 N–H and O–H groups in total. The third kappa shape index (κ3) is 2.06. The maximum atomic E-state index is 9.29. The molecule has 17 heavy (non-hydrogen) atoms. The SMILES string of the molecule is C=C(O)C(N)Cc1cn(C)c2c(C)cccc12. The zero-order valence-corrected chi connectivity index (χ0v) is 10.3. The molecule has 0 saturated heterocycles. The van der Waals surface area contributed by atoms with Gasteiger partial charge in [0.05, 0.1) is 11.6 Å². The van der Waals surface area contributed by atoms with Crippen LogP contribution >= 0.6 is 0 Å². The molecule has 0 aliphatic carbocycles. The third-order valence-corrected chi connectivity index (χ3v) is 3.15. The number of aryl methyl sites for hydroxylation is 2. The van der Waals surface area contributed by atoms with E-state index in [1.807, 2.05) is 13.1 Å². The van der Waals surface area contributed by atoms with Crippen LogP contribution in [0.3, 0.4) is 0 Å². The number of benzene rings is 1. The van der Waals surface area contributed by atoms with Crippen LogP contribution in [0.5, 0.6) is 0 Å². The van der Waals surface area contributed by atoms with Crippen LogP contribution in [0.25, 0.3) is 10.9 Å². The summed E-state index contributed by atoms with van der Waals surface area (Å²) in [6.45, 7) is 5.57. The lowest BCUT2D eigenvalue weighted by molar-refractivity contribution is 0.369. The average Bonchev–Trinajstić information content (AvgIpc) is 2.57. The fourth-order valence-electron chi connectivity index (χ4n) is 2.27. The number of aliphatic hydroxyl groups is 1. The normalized spacial score (nSPS) is 12.9. The van der Waals surface area contributed by atoms with Crippen LogP contribution in [0.2, 0.25) is 0 Å². The quantitative estimate of drug-likeness (QED) is 0.796. The Labute approximate surface area is 101 Å². The molecule has 2 aromatic rings. The Hall–Kier alpha value is -1.74. The zero-order valence-electron chi connectivity index (χ0n) is 10.3. The predicted molar refractivity (Wildman–Crippen MR) is 71.1 cm³/mol. The summed E-state index contributed by atoms with van der Waals surface area (Å²) < 4.78 is 2.10. The fraction of sp³-hybridized carbons (Fsp3) is 0.286. The van der Waals surface area contributed by atoms with E-state index in [-0.39, 0.29) is 5.76 Å². The van der Waals surface area contributed by atoms with Gasteiger partial charge in [-0.25, -0.2) is 0 Å². The van der Waals surface area contributed by atoms with E-state index in [0.717, 1.165) is 5.56 Å². The van der Waals surface area contributed by atoms with Gasteiger partial charge >= 0.3 is 0 Å². The first-order chi connectivity index (χ1) is 8.00. The molecular weight excluding hydrogens is 212 g/mol. The van der Waals surface area contributed by atoms with Gasteiger partial charge in [0.2, 0.25) is 0 Å². The lowest BCUT2D eigenvalue weighted by Crippen LogP contribution is -2.24. The molecule has 1 heterocycles. The minimum Gasteiger partial charge on any atom is -0.511 e. The van der Waals surface area contributed by atoms with E-state index < -0.39 is 6.04 Å². The Balaban J connectivity index is 2.49. The third-order valence-electron chi connectivity index (χ3n) is 3.15. The summed E-state index contributed by atoms with van der Waals surface area (Å²) in [5, 5.41) is 10.5. The van der Waals surface area contributed by atoms with Crippen molar-refractivity contribution in [3.8, 4) is 0 Å². The largest absolute Gasteiger partial charge is 0.511 e. The number of rotatable bonds is 3. The van der Waals surface area contributed by atoms with Gasteiger partial charge in [0.25, 0.3) is 0 Å². The summed E-state index contributed by atoms with van der Waals surface area (Å²) in [5.41, 5.74) is 9.44. The van der Waals surface area contributed by atoms with Crippen molar-refractivity contribution < 1.29 is 5.11 Å². The number of aliphatic hydroxyl groups excluding tert-OH is 1. The van der Waals surface area contributed by atoms with E-state index in [9.17, 15) is 5.11 Å². The van der Waals surface area contributed by atoms with Gasteiger partial charge in [-0.3, -0.25) is 0 Å². The Morgan fingerprint density at radius 1 is 1.53 bits per heavy atom. The fourth-order valence-corrected chi connectivity index (χ4v) is 2.27. The van der Waals surface area contributed by atoms with Crippen molar-refractivity contribution in [3.63, 3.8) is 0 Å². The minimum atomic E-state index is -0.402. The van der Waals surface area contributed by atoms with Gasteiger partial charge in [-0.05, 0) is 24.5 Å². The Kier molecular flexibility index (Phi) is 2.94. The van der Waals surface area contributed by atoms with Crippen molar-refractivity contribution in [3.05, 3.63) is 47.9 Å². The topological polar surface area (TPSA) is 51.2 Å². The highest BCUT2D eigenvalue weighted by molar-refractivity contribution is 5.86. The van der Waals surface area contributed by atoms with Crippen LogP contribution in [-0.2, 0) is 13.5 Å². The Morgan fingerprint density at radius 3 is 2.88 bits per heavy atom. The molecule has 0 bridgehead atoms. The number of nitrogens with zero attached hydrogens (tertiary/aromatic N) is 1. The summed E-state index contributed by atoms with van der Waals surface area (Å²) in [4.78, 5) is 0. The van der Waals surface area contributed by atoms with Crippen LogP contribution in [0, 0.1) is 6.92 Å². The summed E-state index contributed by atoms with van der Waals surface area (Å²) in [7, 11) is 2.03. The summed E-state index contributed by atoms with van der Waals surface area (Å²) in [5.74, 6) is 0.0367. The first kappa shape index (κ1) is 11.7. The maximum absolute atomic E-state index is 9.29. The van der Waals surface area contributed by atoms with Crippen LogP contribution in [0.15, 0.2) is 36.7 Å². The van der Waals surface area contributed by atoms with Crippen molar-refractivity contribution in [2.75, 3.05) is 0 Å². The van der Waals surface area contributed by atoms with Crippen molar-refractivity contribution in [1.82, 2.24) is 4.57 Å². The number of nitrogens with two attached hydrogens (primary N) is 1. The second-order valence-electron chi connectivity index (χ2n) is 4.54. The van der Waals surface area contributed by atoms with Crippen molar-refractivity contribution in [2.24, 2.45) is 12.8 Å². The van der Waals surface area contributed by atoms with Crippen molar-refractivity contribution in [1.29, 1.82) is 0 Å². The standard InChI is InChI=1S/C14H18N2O/c1-9-5-4-6-12-11(7-13(15)10(2)17)8-16(3)14(9)12/h4-6,8,13,17H,2,7,15H2,1,3H3. The summed E-state index contributed by atoms with van der Waals surface area (Å²) in [6, 6.07) is 5.82. The van der Waals surface area contributed by atoms with E-state index in [1.165, 1.54) is 16.5 Å². The number of hydrogen-bond acceptors (Lipinski definition) is 2. The smallest absolute Gasteiger partial charge is 0.102 e. The minimum absolute atomic E-state index is 0.0367. The highest BCUT2D eigenvalue weighted by Gasteiger charge is 2.13. The second-order valence-corrected chi connectivity index (χ2v) is 4.54. The molecule has 0 aliphatic heterocycles. The molecule has 1 aromatic carbocycles. The number of hydrogen-bond donors (Lipinski definition) is 2. The van der Waals surface area contributed by atoms with Crippen LogP contribution < -0.4 is 5.73 Å². The van der Waals surface area contributed by atoms with Crippen LogP contribution in [0.1, 0.15) is 11.1 Å². The van der Waals surface area contributed by atoms with E-state index in [4.69, 9.17) is 5.73 Å². The van der Waals surface area contributed by atoms with E-state index in [2.05, 4.69) is 36.4 Å². The van der Waals surface area contributed by atoms with Gasteiger partial charge in [-0.15, -0.1) is 0 Å². The molecule has 0 radical (unpaired) electrons. The first-order valence-corrected chi connectivity index (χ1v) is 5.67. The summed E-state index contributed by atoms with van der Waals surface area (Å²) in [6.07, 6.45) is 2.68. The summed E-state index contributed by atoms with van der Waals surface area (Å²) >= 11 is 0. The van der Waals surface area contributed by atoms with Gasteiger partial charge in [0.15, 0.2) is 0 Å². The van der Waals surface area contributed by atoms with Gasteiger partial charge in [0, 0.05) is 18.6 Å². The average molecular weight is 230 g/mol. The van der Waals surface area contributed by atoms with Gasteiger partial charge < -0.3 is 15.4 Å². The van der Waals surface area contributed by atoms with E-state index in [1.54, 1.807) is 0 Å². The highest BCUT2D eigenvalue weighted by Crippen LogP contribution is 2.24. The first-order valence-electron chi connectivity index (χ1n) is 5.67. The monoisotopic (exact) mass is 230 g/mol. The number of aromatic nitrogens is 1. The lowest BCUT2D eigenvalue weighted by Gasteiger charge is -2.08. The van der Waals surface area contributed by atoms with Gasteiger partial charge in [0.1, 0.15) is 5.76 Å². The highest BCUT2D eigenvalue weighted by atomic mass is 16.3. The van der Waals surface area contributed by atoms with E-state index in [0.29, 0.717) is 6.42 Å². The second kappa shape index (κ2) is 4.26. The van der Waals surface area contributed by atoms with Crippen LogP contribution in [-0.4, -0.2) is 15.7 Å². The Morgan fingerprint density at radius 2 is 2.24 bits per heavy atom. The van der Waals surface area contributed by atoms with Crippen molar-refractivity contribution >= 4 is 10.9 Å². The Bertz CT molecular complexity index is 569. The molecule has 3 heteroatoms. The molecule has 0 aliphatic rings. The molecule has 0 spiro atoms. The van der Waals surface area contributed by atoms with Gasteiger partial charge in [-0.2, -0.15) is 0 Å². The molecule has 0 fully saturated rings. The number of para-hydroxylation sites is 1. The molecule has 1 atom stereocenters. The number of fused-ring (bicyclic) bond motifs is 1. The molecule has 0 amide bonds. The zero-order chi connectivity index (χ0) is 12.6. The van der Waals surface area contributed by atoms with Crippen molar-refractivity contribution in [2.45, 2.75) is 19.4 Å². The molecule has 0 saturated carbocycles. The lowest BCUT2D eigenvalue weighted by atomic mass is 10.0.